The van der Waals surface area contributed by atoms with Gasteiger partial charge in [0.2, 0.25) is 17.7 Å². The monoisotopic (exact) mass is 348 g/mol. The van der Waals surface area contributed by atoms with Gasteiger partial charge in [0.15, 0.2) is 0 Å². The number of nitrogens with one attached hydrogen (secondary N) is 3. The molecule has 24 heavy (non-hydrogen) atoms. The minimum absolute atomic E-state index is 0.544. The number of rotatable bonds is 9. The van der Waals surface area contributed by atoms with Crippen molar-refractivity contribution in [3.8, 4) is 0 Å². The zero-order chi connectivity index (χ0) is 19.0. The quantitative estimate of drug-likeness (QED) is 0.221. The van der Waals surface area contributed by atoms with Crippen molar-refractivity contribution in [2.45, 2.75) is 51.1 Å². The molecule has 0 aromatic rings. The maximum Gasteiger partial charge on any atom is 0.325 e. The first-order valence-corrected chi connectivity index (χ1v) is 7.19. The van der Waals surface area contributed by atoms with E-state index >= 15 is 0 Å². The zero-order valence-electron chi connectivity index (χ0n) is 13.6. The van der Waals surface area contributed by atoms with Gasteiger partial charge in [0.1, 0.15) is 18.1 Å². The first-order valence-electron chi connectivity index (χ1n) is 7.19. The van der Waals surface area contributed by atoms with Gasteiger partial charge in [-0.1, -0.05) is 0 Å². The van der Waals surface area contributed by atoms with Crippen molar-refractivity contribution < 1.29 is 34.5 Å². The zero-order valence-corrected chi connectivity index (χ0v) is 13.6. The third-order valence-corrected chi connectivity index (χ3v) is 3.06. The van der Waals surface area contributed by atoms with E-state index < -0.39 is 60.6 Å². The summed E-state index contributed by atoms with van der Waals surface area (Å²) in [6.45, 7) is 3.23. The third kappa shape index (κ3) is 7.35. The molecule has 0 spiro atoms. The summed E-state index contributed by atoms with van der Waals surface area (Å²) in [5.41, 5.74) is 5.42. The Morgan fingerprint density at radius 2 is 1.50 bits per heavy atom. The van der Waals surface area contributed by atoms with Crippen LogP contribution in [0.4, 0.5) is 0 Å². The van der Waals surface area contributed by atoms with Crippen molar-refractivity contribution in [1.82, 2.24) is 16.0 Å². The van der Waals surface area contributed by atoms with Gasteiger partial charge >= 0.3 is 5.97 Å². The summed E-state index contributed by atoms with van der Waals surface area (Å²) in [5.74, 6) is -3.71. The van der Waals surface area contributed by atoms with Crippen LogP contribution in [0.15, 0.2) is 0 Å². The molecule has 3 amide bonds. The van der Waals surface area contributed by atoms with E-state index in [0.717, 1.165) is 0 Å². The molecular weight excluding hydrogens is 324 g/mol. The maximum atomic E-state index is 12.0. The van der Waals surface area contributed by atoms with Crippen LogP contribution < -0.4 is 21.7 Å². The Labute approximate surface area is 138 Å². The minimum atomic E-state index is -1.40. The van der Waals surface area contributed by atoms with E-state index in [1.165, 1.54) is 20.8 Å². The Bertz CT molecular complexity index is 481. The highest BCUT2D eigenvalue weighted by Gasteiger charge is 2.29. The van der Waals surface area contributed by atoms with Crippen molar-refractivity contribution in [2.24, 2.45) is 5.73 Å². The Balaban J connectivity index is 4.63. The molecular formula is C13H24N4O7. The van der Waals surface area contributed by atoms with E-state index in [9.17, 15) is 29.4 Å². The average molecular weight is 348 g/mol. The summed E-state index contributed by atoms with van der Waals surface area (Å²) in [7, 11) is 0. The fourth-order valence-corrected chi connectivity index (χ4v) is 1.51. The first-order chi connectivity index (χ1) is 11.0. The Kier molecular flexibility index (Phi) is 8.89. The number of carboxylic acid groups (broad SMARTS) is 1. The number of aliphatic hydroxyl groups is 2. The topological polar surface area (TPSA) is 191 Å². The molecule has 8 N–H and O–H groups in total. The van der Waals surface area contributed by atoms with Gasteiger partial charge in [-0.2, -0.15) is 0 Å². The lowest BCUT2D eigenvalue weighted by Gasteiger charge is -2.23. The van der Waals surface area contributed by atoms with Gasteiger partial charge in [-0.05, 0) is 20.8 Å². The fraction of sp³-hybridized carbons (Fsp3) is 0.692. The van der Waals surface area contributed by atoms with E-state index in [1.807, 2.05) is 0 Å². The normalized spacial score (nSPS) is 16.9. The highest BCUT2D eigenvalue weighted by molar-refractivity contribution is 5.93. The van der Waals surface area contributed by atoms with Crippen molar-refractivity contribution >= 4 is 23.7 Å². The Morgan fingerprint density at radius 3 is 1.92 bits per heavy atom. The number of hydrogen-bond donors (Lipinski definition) is 7. The summed E-state index contributed by atoms with van der Waals surface area (Å²) in [6.07, 6.45) is -2.46. The lowest BCUT2D eigenvalue weighted by atomic mass is 10.1. The van der Waals surface area contributed by atoms with Crippen molar-refractivity contribution in [3.63, 3.8) is 0 Å². The SMILES string of the molecule is CC(NC(=O)CNC(=O)C(NC(=O)C(N)C(C)O)C(C)O)C(=O)O. The second kappa shape index (κ2) is 9.80. The Hall–Kier alpha value is -2.24. The van der Waals surface area contributed by atoms with Crippen LogP contribution in [0.25, 0.3) is 0 Å². The molecule has 5 unspecified atom stereocenters. The first kappa shape index (κ1) is 21.8. The number of carbonyl (C=O) groups excluding carboxylic acids is 3. The summed E-state index contributed by atoms with van der Waals surface area (Å²) in [4.78, 5) is 45.8. The van der Waals surface area contributed by atoms with Crippen LogP contribution >= 0.6 is 0 Å². The number of hydrogen-bond acceptors (Lipinski definition) is 7. The summed E-state index contributed by atoms with van der Waals surface area (Å²) >= 11 is 0. The molecule has 0 rings (SSSR count). The van der Waals surface area contributed by atoms with E-state index in [1.54, 1.807) is 0 Å². The second-order valence-corrected chi connectivity index (χ2v) is 5.34. The van der Waals surface area contributed by atoms with Gasteiger partial charge in [-0.15, -0.1) is 0 Å². The highest BCUT2D eigenvalue weighted by atomic mass is 16.4. The summed E-state index contributed by atoms with van der Waals surface area (Å²) < 4.78 is 0. The number of carboxylic acids is 1. The molecule has 5 atom stereocenters. The molecule has 0 aliphatic heterocycles. The van der Waals surface area contributed by atoms with Gasteiger partial charge in [-0.3, -0.25) is 19.2 Å². The molecule has 0 saturated carbocycles. The highest BCUT2D eigenvalue weighted by Crippen LogP contribution is 1.96. The van der Waals surface area contributed by atoms with Crippen molar-refractivity contribution in [2.75, 3.05) is 6.54 Å². The van der Waals surface area contributed by atoms with Crippen LogP contribution in [0.2, 0.25) is 0 Å². The molecule has 138 valence electrons. The molecule has 0 aliphatic carbocycles. The van der Waals surface area contributed by atoms with Crippen LogP contribution in [0.3, 0.4) is 0 Å². The number of carbonyl (C=O) groups is 4. The lowest BCUT2D eigenvalue weighted by Crippen LogP contribution is -2.58. The van der Waals surface area contributed by atoms with Gasteiger partial charge in [0.25, 0.3) is 0 Å². The Morgan fingerprint density at radius 1 is 0.958 bits per heavy atom. The van der Waals surface area contributed by atoms with E-state index in [4.69, 9.17) is 10.8 Å². The largest absolute Gasteiger partial charge is 0.480 e. The van der Waals surface area contributed by atoms with Crippen molar-refractivity contribution in [1.29, 1.82) is 0 Å². The van der Waals surface area contributed by atoms with Crippen LogP contribution in [-0.2, 0) is 19.2 Å². The molecule has 0 aromatic carbocycles. The van der Waals surface area contributed by atoms with Crippen LogP contribution in [0.5, 0.6) is 0 Å². The minimum Gasteiger partial charge on any atom is -0.480 e. The lowest BCUT2D eigenvalue weighted by molar-refractivity contribution is -0.141. The second-order valence-electron chi connectivity index (χ2n) is 5.34. The fourth-order valence-electron chi connectivity index (χ4n) is 1.51. The molecule has 0 aliphatic rings. The smallest absolute Gasteiger partial charge is 0.325 e. The average Bonchev–Trinajstić information content (AvgIpc) is 2.48. The molecule has 0 radical (unpaired) electrons. The summed E-state index contributed by atoms with van der Waals surface area (Å²) in [5, 5.41) is 33.9. The predicted molar refractivity (Wildman–Crippen MR) is 81.5 cm³/mol. The van der Waals surface area contributed by atoms with Gasteiger partial charge in [0, 0.05) is 0 Å². The number of aliphatic carboxylic acids is 1. The maximum absolute atomic E-state index is 12.0. The number of nitrogens with two attached hydrogens (primary N) is 1. The van der Waals surface area contributed by atoms with Gasteiger partial charge in [0.05, 0.1) is 18.8 Å². The molecule has 0 saturated heterocycles. The predicted octanol–water partition coefficient (Wildman–Crippen LogP) is -3.73. The molecule has 0 fully saturated rings. The molecule has 11 nitrogen and oxygen atoms in total. The summed E-state index contributed by atoms with van der Waals surface area (Å²) in [6, 6.07) is -3.82. The standard InChI is InChI=1S/C13H24N4O7/c1-5(13(23)24)16-8(20)4-15-12(22)10(7(3)19)17-11(21)9(14)6(2)18/h5-7,9-10,18-19H,4,14H2,1-3H3,(H,15,22)(H,16,20)(H,17,21)(H,23,24). The van der Waals surface area contributed by atoms with Gasteiger partial charge < -0.3 is 37.0 Å². The molecule has 0 aromatic heterocycles. The van der Waals surface area contributed by atoms with Crippen molar-refractivity contribution in [3.05, 3.63) is 0 Å². The van der Waals surface area contributed by atoms with Crippen LogP contribution in [-0.4, -0.2) is 75.9 Å². The molecule has 0 bridgehead atoms. The number of amides is 3. The third-order valence-electron chi connectivity index (χ3n) is 3.06. The number of aliphatic hydroxyl groups excluding tert-OH is 2. The van der Waals surface area contributed by atoms with Crippen LogP contribution in [0, 0.1) is 0 Å². The van der Waals surface area contributed by atoms with Crippen LogP contribution in [0.1, 0.15) is 20.8 Å². The van der Waals surface area contributed by atoms with Gasteiger partial charge in [-0.25, -0.2) is 0 Å². The van der Waals surface area contributed by atoms with E-state index in [2.05, 4.69) is 16.0 Å². The van der Waals surface area contributed by atoms with E-state index in [-0.39, 0.29) is 0 Å². The molecule has 11 heteroatoms. The van der Waals surface area contributed by atoms with E-state index in [0.29, 0.717) is 0 Å². The molecule has 0 heterocycles.